The number of aromatic nitrogens is 1. The predicted molar refractivity (Wildman–Crippen MR) is 157 cm³/mol. The summed E-state index contributed by atoms with van der Waals surface area (Å²) in [5.74, 6) is -0.763. The average Bonchev–Trinajstić information content (AvgIpc) is 3.38. The maximum absolute atomic E-state index is 12.9. The Morgan fingerprint density at radius 2 is 1.80 bits per heavy atom. The molecule has 212 valence electrons. The van der Waals surface area contributed by atoms with Crippen LogP contribution in [0.2, 0.25) is 5.02 Å². The summed E-state index contributed by atoms with van der Waals surface area (Å²) >= 11 is 7.17. The molecule has 0 bridgehead atoms. The molecule has 40 heavy (non-hydrogen) atoms. The number of amides is 3. The molecule has 3 aromatic rings. The minimum Gasteiger partial charge on any atom is -0.383 e. The van der Waals surface area contributed by atoms with Crippen LogP contribution in [0, 0.1) is 0 Å². The molecule has 0 unspecified atom stereocenters. The van der Waals surface area contributed by atoms with Gasteiger partial charge in [0.25, 0.3) is 5.91 Å². The van der Waals surface area contributed by atoms with Crippen LogP contribution in [0.1, 0.15) is 34.5 Å². The molecule has 1 aromatic heterocycles. The highest BCUT2D eigenvalue weighted by Gasteiger charge is 2.22. The molecule has 4 rings (SSSR count). The Morgan fingerprint density at radius 3 is 2.50 bits per heavy atom. The number of anilines is 1. The number of rotatable bonds is 12. The van der Waals surface area contributed by atoms with E-state index in [1.807, 2.05) is 6.07 Å². The van der Waals surface area contributed by atoms with Crippen LogP contribution in [-0.4, -0.2) is 78.4 Å². The van der Waals surface area contributed by atoms with Gasteiger partial charge in [-0.1, -0.05) is 41.9 Å². The quantitative estimate of drug-likeness (QED) is 0.336. The second-order valence-corrected chi connectivity index (χ2v) is 11.0. The first kappa shape index (κ1) is 29.7. The number of piperidine rings is 1. The van der Waals surface area contributed by atoms with Gasteiger partial charge in [0.15, 0.2) is 5.13 Å². The first-order chi connectivity index (χ1) is 19.4. The highest BCUT2D eigenvalue weighted by Crippen LogP contribution is 2.18. The zero-order chi connectivity index (χ0) is 28.3. The number of thiazole rings is 1. The van der Waals surface area contributed by atoms with Crippen molar-refractivity contribution in [3.8, 4) is 0 Å². The molecule has 1 fully saturated rings. The topological polar surface area (TPSA) is 104 Å². The van der Waals surface area contributed by atoms with Gasteiger partial charge in [-0.25, -0.2) is 4.98 Å². The Balaban J connectivity index is 1.22. The van der Waals surface area contributed by atoms with Gasteiger partial charge in [0.2, 0.25) is 11.8 Å². The summed E-state index contributed by atoms with van der Waals surface area (Å²) in [6, 6.07) is 17.1. The minimum absolute atomic E-state index is 0.0796. The minimum atomic E-state index is -0.383. The number of carbonyl (C=O) groups excluding carboxylic acids is 3. The zero-order valence-corrected chi connectivity index (χ0v) is 24.0. The number of hydrogen-bond donors (Lipinski definition) is 2. The lowest BCUT2D eigenvalue weighted by Gasteiger charge is -2.32. The number of carbonyl (C=O) groups is 3. The molecule has 11 heteroatoms. The number of nitrogens with one attached hydrogen (secondary N) is 2. The number of likely N-dealkylation sites (tertiary alicyclic amines) is 1. The van der Waals surface area contributed by atoms with Crippen molar-refractivity contribution in [1.29, 1.82) is 0 Å². The number of hydrogen-bond acceptors (Lipinski definition) is 7. The molecule has 9 nitrogen and oxygen atoms in total. The molecule has 1 aliphatic heterocycles. The molecule has 0 saturated carbocycles. The summed E-state index contributed by atoms with van der Waals surface area (Å²) in [6.45, 7) is 3.18. The van der Waals surface area contributed by atoms with Gasteiger partial charge in [-0.2, -0.15) is 0 Å². The molecule has 2 aromatic carbocycles. The molecule has 0 radical (unpaired) electrons. The number of nitrogens with zero attached hydrogens (tertiary/aromatic N) is 3. The third-order valence-corrected chi connectivity index (χ3v) is 7.68. The van der Waals surface area contributed by atoms with Crippen LogP contribution in [0.3, 0.4) is 0 Å². The van der Waals surface area contributed by atoms with Crippen molar-refractivity contribution in [2.75, 3.05) is 45.2 Å². The molecule has 3 amide bonds. The lowest BCUT2D eigenvalue weighted by molar-refractivity contribution is -0.121. The smallest absolute Gasteiger partial charge is 0.254 e. The maximum atomic E-state index is 12.9. The van der Waals surface area contributed by atoms with E-state index in [4.69, 9.17) is 16.3 Å². The normalized spacial score (nSPS) is 14.1. The van der Waals surface area contributed by atoms with Gasteiger partial charge in [-0.3, -0.25) is 19.3 Å². The number of benzene rings is 2. The summed E-state index contributed by atoms with van der Waals surface area (Å²) in [5.41, 5.74) is 2.32. The third kappa shape index (κ3) is 9.12. The zero-order valence-electron chi connectivity index (χ0n) is 22.5. The fourth-order valence-corrected chi connectivity index (χ4v) is 5.38. The standard InChI is InChI=1S/C29H34ClN5O4S/c1-39-16-15-35(28(38)22-7-9-23(30)10-8-22)19-27(37)33-29-32-25(20-40-29)17-26(36)31-24-11-13-34(14-12-24)18-21-5-3-2-4-6-21/h2-10,20,24H,11-19H2,1H3,(H,31,36)(H,32,33,37). The van der Waals surface area contributed by atoms with Crippen LogP contribution in [0.5, 0.6) is 0 Å². The van der Waals surface area contributed by atoms with E-state index in [1.165, 1.54) is 28.9 Å². The Labute approximate surface area is 243 Å². The summed E-state index contributed by atoms with van der Waals surface area (Å²) in [7, 11) is 1.53. The Bertz CT molecular complexity index is 1260. The second-order valence-electron chi connectivity index (χ2n) is 9.70. The highest BCUT2D eigenvalue weighted by atomic mass is 35.5. The van der Waals surface area contributed by atoms with E-state index in [0.29, 0.717) is 21.4 Å². The summed E-state index contributed by atoms with van der Waals surface area (Å²) in [5, 5.41) is 8.53. The van der Waals surface area contributed by atoms with E-state index >= 15 is 0 Å². The maximum Gasteiger partial charge on any atom is 0.254 e. The van der Waals surface area contributed by atoms with E-state index in [1.54, 1.807) is 29.6 Å². The lowest BCUT2D eigenvalue weighted by atomic mass is 10.0. The van der Waals surface area contributed by atoms with Crippen molar-refractivity contribution in [2.24, 2.45) is 0 Å². The SMILES string of the molecule is COCCN(CC(=O)Nc1nc(CC(=O)NC2CCN(Cc3ccccc3)CC2)cs1)C(=O)c1ccc(Cl)cc1. The Morgan fingerprint density at radius 1 is 1.07 bits per heavy atom. The largest absolute Gasteiger partial charge is 0.383 e. The van der Waals surface area contributed by atoms with Gasteiger partial charge in [0.1, 0.15) is 6.54 Å². The number of methoxy groups -OCH3 is 1. The summed E-state index contributed by atoms with van der Waals surface area (Å²) in [4.78, 5) is 46.5. The monoisotopic (exact) mass is 583 g/mol. The fourth-order valence-electron chi connectivity index (χ4n) is 4.53. The molecular weight excluding hydrogens is 550 g/mol. The molecule has 1 aliphatic rings. The molecule has 2 heterocycles. The Hall–Kier alpha value is -3.31. The summed E-state index contributed by atoms with van der Waals surface area (Å²) in [6.07, 6.45) is 1.96. The molecule has 2 N–H and O–H groups in total. The van der Waals surface area contributed by atoms with E-state index in [9.17, 15) is 14.4 Å². The van der Waals surface area contributed by atoms with Crippen molar-refractivity contribution in [1.82, 2.24) is 20.1 Å². The van der Waals surface area contributed by atoms with Crippen molar-refractivity contribution < 1.29 is 19.1 Å². The first-order valence-corrected chi connectivity index (χ1v) is 14.5. The molecule has 0 aliphatic carbocycles. The number of ether oxygens (including phenoxy) is 1. The van der Waals surface area contributed by atoms with Gasteiger partial charge in [-0.15, -0.1) is 11.3 Å². The molecular formula is C29H34ClN5O4S. The highest BCUT2D eigenvalue weighted by molar-refractivity contribution is 7.13. The van der Waals surface area contributed by atoms with E-state index < -0.39 is 0 Å². The van der Waals surface area contributed by atoms with Crippen molar-refractivity contribution >= 4 is 45.8 Å². The molecule has 0 spiro atoms. The van der Waals surface area contributed by atoms with Gasteiger partial charge in [0.05, 0.1) is 18.7 Å². The predicted octanol–water partition coefficient (Wildman–Crippen LogP) is 3.85. The Kier molecular flexibility index (Phi) is 11.1. The van der Waals surface area contributed by atoms with Crippen LogP contribution in [0.4, 0.5) is 5.13 Å². The van der Waals surface area contributed by atoms with E-state index in [0.717, 1.165) is 32.5 Å². The second kappa shape index (κ2) is 14.9. The van der Waals surface area contributed by atoms with Crippen molar-refractivity contribution in [2.45, 2.75) is 31.8 Å². The first-order valence-electron chi connectivity index (χ1n) is 13.2. The van der Waals surface area contributed by atoms with Crippen molar-refractivity contribution in [3.05, 3.63) is 81.8 Å². The molecule has 0 atom stereocenters. The van der Waals surface area contributed by atoms with Crippen LogP contribution in [0.25, 0.3) is 0 Å². The number of halogens is 1. The van der Waals surface area contributed by atoms with Gasteiger partial charge >= 0.3 is 0 Å². The lowest BCUT2D eigenvalue weighted by Crippen LogP contribution is -2.44. The summed E-state index contributed by atoms with van der Waals surface area (Å²) < 4.78 is 5.10. The third-order valence-electron chi connectivity index (χ3n) is 6.62. The van der Waals surface area contributed by atoms with Crippen LogP contribution < -0.4 is 10.6 Å². The van der Waals surface area contributed by atoms with Crippen LogP contribution in [-0.2, 0) is 27.3 Å². The average molecular weight is 584 g/mol. The van der Waals surface area contributed by atoms with E-state index in [2.05, 4.69) is 44.8 Å². The van der Waals surface area contributed by atoms with Gasteiger partial charge in [0, 0.05) is 55.3 Å². The van der Waals surface area contributed by atoms with Gasteiger partial charge < -0.3 is 20.3 Å². The molecule has 1 saturated heterocycles. The fraction of sp³-hybridized carbons (Fsp3) is 0.379. The van der Waals surface area contributed by atoms with Crippen molar-refractivity contribution in [3.63, 3.8) is 0 Å². The van der Waals surface area contributed by atoms with Gasteiger partial charge in [-0.05, 0) is 42.7 Å². The van der Waals surface area contributed by atoms with Crippen LogP contribution >= 0.6 is 22.9 Å². The van der Waals surface area contributed by atoms with Crippen LogP contribution in [0.15, 0.2) is 60.0 Å². The van der Waals surface area contributed by atoms with E-state index in [-0.39, 0.29) is 49.9 Å².